The van der Waals surface area contributed by atoms with Crippen molar-refractivity contribution in [1.29, 1.82) is 0 Å². The summed E-state index contributed by atoms with van der Waals surface area (Å²) in [4.78, 5) is 38.3. The van der Waals surface area contributed by atoms with Gasteiger partial charge < -0.3 is 54.0 Å². The van der Waals surface area contributed by atoms with Crippen molar-refractivity contribution in [2.45, 2.75) is 49.8 Å². The standard InChI is InChI=1S/C34H38O14/c1-43-32(42)25-19-46-33(48-34-31(41)30(40)29(39)26(18-35)47-34)23(14-16-44-27(37)12-9-20-5-3-2-4-6-20)24(25)17-28(38)45-15-13-21-7-10-22(36)11-8-21/h2-12,14,19,24,26,29-31,33-36,39-41H,13,15-18H2,1H3/b12-9+,23-14-/t24-,26-,29-,30+,31-,33+,34+/m1/s1. The molecular weight excluding hydrogens is 632 g/mol. The zero-order valence-corrected chi connectivity index (χ0v) is 26.0. The van der Waals surface area contributed by atoms with Crippen molar-refractivity contribution in [1.82, 2.24) is 0 Å². The Kier molecular flexibility index (Phi) is 13.3. The lowest BCUT2D eigenvalue weighted by Crippen LogP contribution is -2.60. The SMILES string of the molecule is COC(=O)C1=CO[C@@H](O[C@@H]2O[C@H](CO)[C@@H](O)[C@H](O)[C@H]2O)/C(=C\COC(=O)/C=C/c2ccccc2)[C@H]1CC(=O)OCCc1ccc(O)cc1. The maximum atomic E-state index is 13.1. The van der Waals surface area contributed by atoms with E-state index in [1.165, 1.54) is 24.3 Å². The second-order valence-corrected chi connectivity index (χ2v) is 10.8. The van der Waals surface area contributed by atoms with E-state index in [-0.39, 0.29) is 30.1 Å². The lowest BCUT2D eigenvalue weighted by Gasteiger charge is -2.42. The number of phenols is 1. The highest BCUT2D eigenvalue weighted by Crippen LogP contribution is 2.36. The van der Waals surface area contributed by atoms with Crippen LogP contribution in [0.1, 0.15) is 17.5 Å². The molecule has 2 aromatic rings. The molecule has 0 saturated carbocycles. The highest BCUT2D eigenvalue weighted by Gasteiger charge is 2.47. The molecule has 14 nitrogen and oxygen atoms in total. The summed E-state index contributed by atoms with van der Waals surface area (Å²) in [6, 6.07) is 15.4. The first-order valence-electron chi connectivity index (χ1n) is 15.0. The molecule has 14 heteroatoms. The normalized spacial score (nSPS) is 26.4. The van der Waals surface area contributed by atoms with E-state index < -0.39 is 73.8 Å². The third-order valence-electron chi connectivity index (χ3n) is 7.61. The number of aliphatic hydroxyl groups is 4. The second-order valence-electron chi connectivity index (χ2n) is 10.8. The number of hydrogen-bond donors (Lipinski definition) is 5. The van der Waals surface area contributed by atoms with Crippen LogP contribution in [0, 0.1) is 5.92 Å². The third-order valence-corrected chi connectivity index (χ3v) is 7.61. The van der Waals surface area contributed by atoms with Gasteiger partial charge in [0.15, 0.2) is 6.29 Å². The number of carbonyl (C=O) groups is 3. The first-order chi connectivity index (χ1) is 23.1. The molecule has 2 aliphatic rings. The summed E-state index contributed by atoms with van der Waals surface area (Å²) in [6.07, 6.45) is -4.53. The van der Waals surface area contributed by atoms with Crippen molar-refractivity contribution in [3.05, 3.63) is 95.3 Å². The van der Waals surface area contributed by atoms with Crippen molar-refractivity contribution in [2.24, 2.45) is 5.92 Å². The van der Waals surface area contributed by atoms with E-state index in [0.29, 0.717) is 6.42 Å². The van der Waals surface area contributed by atoms with Gasteiger partial charge >= 0.3 is 17.9 Å². The van der Waals surface area contributed by atoms with Crippen LogP contribution in [0.2, 0.25) is 0 Å². The number of carbonyl (C=O) groups excluding carboxylic acids is 3. The van der Waals surface area contributed by atoms with Crippen LogP contribution in [0.25, 0.3) is 6.08 Å². The van der Waals surface area contributed by atoms with Gasteiger partial charge in [0.1, 0.15) is 36.8 Å². The molecule has 0 amide bonds. The highest BCUT2D eigenvalue weighted by atomic mass is 16.8. The molecule has 1 saturated heterocycles. The topological polar surface area (TPSA) is 208 Å². The Morgan fingerprint density at radius 2 is 1.67 bits per heavy atom. The number of aliphatic hydroxyl groups excluding tert-OH is 4. The molecule has 0 unspecified atom stereocenters. The van der Waals surface area contributed by atoms with Crippen molar-refractivity contribution in [2.75, 3.05) is 26.9 Å². The van der Waals surface area contributed by atoms with Gasteiger partial charge in [0.25, 0.3) is 0 Å². The molecule has 4 rings (SSSR count). The van der Waals surface area contributed by atoms with E-state index in [0.717, 1.165) is 24.5 Å². The van der Waals surface area contributed by atoms with E-state index in [1.807, 2.05) is 6.07 Å². The smallest absolute Gasteiger partial charge is 0.337 e. The zero-order chi connectivity index (χ0) is 34.6. The maximum absolute atomic E-state index is 13.1. The van der Waals surface area contributed by atoms with E-state index in [1.54, 1.807) is 42.5 Å². The Morgan fingerprint density at radius 3 is 2.35 bits per heavy atom. The monoisotopic (exact) mass is 670 g/mol. The molecule has 5 N–H and O–H groups in total. The van der Waals surface area contributed by atoms with Gasteiger partial charge in [-0.3, -0.25) is 4.79 Å². The fourth-order valence-electron chi connectivity index (χ4n) is 4.99. The van der Waals surface area contributed by atoms with Gasteiger partial charge in [0.05, 0.1) is 38.6 Å². The van der Waals surface area contributed by atoms with E-state index in [9.17, 15) is 39.9 Å². The highest BCUT2D eigenvalue weighted by molar-refractivity contribution is 5.91. The largest absolute Gasteiger partial charge is 0.508 e. The molecule has 258 valence electrons. The molecule has 1 fully saturated rings. The number of esters is 3. The molecule has 0 aliphatic carbocycles. The molecule has 2 aliphatic heterocycles. The summed E-state index contributed by atoms with van der Waals surface area (Å²) in [5, 5.41) is 50.1. The lowest BCUT2D eigenvalue weighted by molar-refractivity contribution is -0.327. The van der Waals surface area contributed by atoms with E-state index in [2.05, 4.69) is 0 Å². The molecule has 0 bridgehead atoms. The number of methoxy groups -OCH3 is 1. The van der Waals surface area contributed by atoms with Crippen LogP contribution in [0.4, 0.5) is 0 Å². The lowest BCUT2D eigenvalue weighted by atomic mass is 9.86. The molecule has 0 aromatic heterocycles. The Bertz CT molecular complexity index is 1470. The average Bonchev–Trinajstić information content (AvgIpc) is 3.09. The first kappa shape index (κ1) is 36.3. The summed E-state index contributed by atoms with van der Waals surface area (Å²) < 4.78 is 32.6. The molecular formula is C34H38O14. The number of hydrogen-bond acceptors (Lipinski definition) is 14. The number of aromatic hydroxyl groups is 1. The molecule has 0 spiro atoms. The summed E-state index contributed by atoms with van der Waals surface area (Å²) in [5.74, 6) is -3.25. The molecule has 7 atom stereocenters. The predicted molar refractivity (Wildman–Crippen MR) is 165 cm³/mol. The van der Waals surface area contributed by atoms with Crippen molar-refractivity contribution >= 4 is 24.0 Å². The van der Waals surface area contributed by atoms with Crippen molar-refractivity contribution in [3.63, 3.8) is 0 Å². The Balaban J connectivity index is 1.55. The number of rotatable bonds is 13. The quantitative estimate of drug-likeness (QED) is 0.0869. The molecule has 0 radical (unpaired) electrons. The van der Waals surface area contributed by atoms with Gasteiger partial charge in [-0.15, -0.1) is 0 Å². The Labute approximate surface area is 276 Å². The second kappa shape index (κ2) is 17.5. The summed E-state index contributed by atoms with van der Waals surface area (Å²) >= 11 is 0. The van der Waals surface area contributed by atoms with Crippen LogP contribution < -0.4 is 0 Å². The van der Waals surface area contributed by atoms with Gasteiger partial charge in [-0.2, -0.15) is 0 Å². The zero-order valence-electron chi connectivity index (χ0n) is 26.0. The van der Waals surface area contributed by atoms with Gasteiger partial charge in [-0.05, 0) is 35.4 Å². The van der Waals surface area contributed by atoms with Gasteiger partial charge in [-0.25, -0.2) is 9.59 Å². The minimum atomic E-state index is -1.79. The van der Waals surface area contributed by atoms with Gasteiger partial charge in [0.2, 0.25) is 6.29 Å². The Hall–Kier alpha value is -4.57. The number of benzene rings is 2. The van der Waals surface area contributed by atoms with Crippen LogP contribution in [0.15, 0.2) is 84.2 Å². The maximum Gasteiger partial charge on any atom is 0.337 e. The number of ether oxygens (including phenoxy) is 6. The minimum Gasteiger partial charge on any atom is -0.508 e. The third kappa shape index (κ3) is 9.73. The average molecular weight is 671 g/mol. The van der Waals surface area contributed by atoms with Crippen LogP contribution in [0.5, 0.6) is 5.75 Å². The molecule has 48 heavy (non-hydrogen) atoms. The molecule has 2 heterocycles. The Morgan fingerprint density at radius 1 is 0.938 bits per heavy atom. The number of phenolic OH excluding ortho intramolecular Hbond substituents is 1. The fraction of sp³-hybridized carbons (Fsp3) is 0.382. The van der Waals surface area contributed by atoms with Crippen molar-refractivity contribution < 1.29 is 68.3 Å². The van der Waals surface area contributed by atoms with Crippen LogP contribution in [-0.2, 0) is 49.2 Å². The van der Waals surface area contributed by atoms with Crippen LogP contribution >= 0.6 is 0 Å². The van der Waals surface area contributed by atoms with Gasteiger partial charge in [-0.1, -0.05) is 42.5 Å². The van der Waals surface area contributed by atoms with Crippen molar-refractivity contribution in [3.8, 4) is 5.75 Å². The fourth-order valence-corrected chi connectivity index (χ4v) is 4.99. The first-order valence-corrected chi connectivity index (χ1v) is 15.0. The van der Waals surface area contributed by atoms with Crippen LogP contribution in [-0.4, -0.2) is 107 Å². The summed E-state index contributed by atoms with van der Waals surface area (Å²) in [7, 11) is 1.14. The van der Waals surface area contributed by atoms with E-state index >= 15 is 0 Å². The summed E-state index contributed by atoms with van der Waals surface area (Å²) in [5.41, 5.74) is 1.56. The minimum absolute atomic E-state index is 0.0146. The van der Waals surface area contributed by atoms with E-state index in [4.69, 9.17) is 28.4 Å². The van der Waals surface area contributed by atoms with Gasteiger partial charge in [0, 0.05) is 24.0 Å². The molecule has 2 aromatic carbocycles. The van der Waals surface area contributed by atoms with Crippen LogP contribution in [0.3, 0.4) is 0 Å². The predicted octanol–water partition coefficient (Wildman–Crippen LogP) is 0.897. The summed E-state index contributed by atoms with van der Waals surface area (Å²) in [6.45, 7) is -1.10.